The van der Waals surface area contributed by atoms with E-state index in [2.05, 4.69) is 15.3 Å². The number of aromatic nitrogens is 2. The largest absolute Gasteiger partial charge is 0.493 e. The molecule has 0 atom stereocenters. The summed E-state index contributed by atoms with van der Waals surface area (Å²) in [5.74, 6) is 1.57. The average molecular weight is 365 g/mol. The zero-order chi connectivity index (χ0) is 18.8. The molecule has 2 N–H and O–H groups in total. The average Bonchev–Trinajstić information content (AvgIpc) is 3.37. The van der Waals surface area contributed by atoms with E-state index in [1.54, 1.807) is 14.2 Å². The summed E-state index contributed by atoms with van der Waals surface area (Å²) < 4.78 is 10.7. The lowest BCUT2D eigenvalue weighted by molar-refractivity contribution is -0.119. The lowest BCUT2D eigenvalue weighted by Gasteiger charge is -2.11. The van der Waals surface area contributed by atoms with Gasteiger partial charge >= 0.3 is 0 Å². The van der Waals surface area contributed by atoms with Gasteiger partial charge in [0, 0.05) is 29.3 Å². The normalized spacial score (nSPS) is 14.4. The Balaban J connectivity index is 1.66. The number of anilines is 1. The molecule has 1 aromatic carbocycles. The first kappa shape index (κ1) is 17.4. The van der Waals surface area contributed by atoms with E-state index in [1.807, 2.05) is 36.7 Å². The molecule has 0 spiro atoms. The lowest BCUT2D eigenvalue weighted by atomic mass is 10.1. The molecule has 1 saturated carbocycles. The van der Waals surface area contributed by atoms with Gasteiger partial charge in [-0.3, -0.25) is 4.79 Å². The molecular weight excluding hydrogens is 342 g/mol. The van der Waals surface area contributed by atoms with Crippen molar-refractivity contribution in [2.45, 2.75) is 25.7 Å². The van der Waals surface area contributed by atoms with E-state index in [1.165, 1.54) is 0 Å². The second-order valence-corrected chi connectivity index (χ2v) is 6.86. The standard InChI is InChI=1S/C21H23N3O3/c1-26-18-8-7-14(10-19(18)27-2)15-9-16-17(12-23-20(16)22-11-15)24-21(25)13-5-3-4-6-13/h7-13H,3-6H2,1-2H3,(H,22,23)(H,24,25). The Labute approximate surface area is 157 Å². The Kier molecular flexibility index (Phi) is 4.71. The van der Waals surface area contributed by atoms with Gasteiger partial charge in [0.15, 0.2) is 11.5 Å². The van der Waals surface area contributed by atoms with Crippen LogP contribution in [0.4, 0.5) is 5.69 Å². The molecule has 6 heteroatoms. The fraction of sp³-hybridized carbons (Fsp3) is 0.333. The van der Waals surface area contributed by atoms with Crippen LogP contribution in [0.25, 0.3) is 22.2 Å². The number of nitrogens with one attached hydrogen (secondary N) is 2. The molecule has 140 valence electrons. The summed E-state index contributed by atoms with van der Waals surface area (Å²) in [7, 11) is 3.23. The third-order valence-electron chi connectivity index (χ3n) is 5.23. The van der Waals surface area contributed by atoms with Crippen molar-refractivity contribution in [1.82, 2.24) is 9.97 Å². The van der Waals surface area contributed by atoms with Crippen molar-refractivity contribution in [3.05, 3.63) is 36.7 Å². The number of pyridine rings is 1. The number of nitrogens with zero attached hydrogens (tertiary/aromatic N) is 1. The first-order chi connectivity index (χ1) is 13.2. The zero-order valence-electron chi connectivity index (χ0n) is 15.5. The first-order valence-electron chi connectivity index (χ1n) is 9.20. The summed E-state index contributed by atoms with van der Waals surface area (Å²) in [6.45, 7) is 0. The van der Waals surface area contributed by atoms with Gasteiger partial charge in [0.2, 0.25) is 5.91 Å². The van der Waals surface area contributed by atoms with Gasteiger partial charge in [-0.05, 0) is 36.6 Å². The number of aromatic amines is 1. The third kappa shape index (κ3) is 3.35. The molecule has 4 rings (SSSR count). The molecule has 2 aromatic heterocycles. The number of rotatable bonds is 5. The molecule has 1 amide bonds. The molecule has 0 saturated heterocycles. The first-order valence-corrected chi connectivity index (χ1v) is 9.20. The van der Waals surface area contributed by atoms with Gasteiger partial charge in [0.05, 0.1) is 19.9 Å². The smallest absolute Gasteiger partial charge is 0.227 e. The van der Waals surface area contributed by atoms with E-state index in [4.69, 9.17) is 9.47 Å². The maximum absolute atomic E-state index is 12.5. The van der Waals surface area contributed by atoms with Gasteiger partial charge in [-0.15, -0.1) is 0 Å². The molecule has 0 bridgehead atoms. The van der Waals surface area contributed by atoms with E-state index in [0.29, 0.717) is 11.5 Å². The summed E-state index contributed by atoms with van der Waals surface area (Å²) >= 11 is 0. The van der Waals surface area contributed by atoms with Gasteiger partial charge in [0.1, 0.15) is 5.65 Å². The van der Waals surface area contributed by atoms with Crippen LogP contribution in [0.3, 0.4) is 0 Å². The monoisotopic (exact) mass is 365 g/mol. The number of H-pyrrole nitrogens is 1. The van der Waals surface area contributed by atoms with Crippen molar-refractivity contribution in [2.75, 3.05) is 19.5 Å². The van der Waals surface area contributed by atoms with Crippen molar-refractivity contribution >= 4 is 22.6 Å². The summed E-state index contributed by atoms with van der Waals surface area (Å²) in [6, 6.07) is 7.79. The van der Waals surface area contributed by atoms with Gasteiger partial charge in [0.25, 0.3) is 0 Å². The van der Waals surface area contributed by atoms with Crippen LogP contribution in [0.5, 0.6) is 11.5 Å². The topological polar surface area (TPSA) is 76.2 Å². The second kappa shape index (κ2) is 7.31. The number of hydrogen-bond acceptors (Lipinski definition) is 4. The molecule has 6 nitrogen and oxygen atoms in total. The number of methoxy groups -OCH3 is 2. The molecule has 1 aliphatic carbocycles. The van der Waals surface area contributed by atoms with Gasteiger partial charge in [-0.2, -0.15) is 0 Å². The predicted octanol–water partition coefficient (Wildman–Crippen LogP) is 4.38. The molecule has 3 aromatic rings. The molecule has 1 fully saturated rings. The van der Waals surface area contributed by atoms with Crippen LogP contribution >= 0.6 is 0 Å². The minimum atomic E-state index is 0.102. The molecule has 0 radical (unpaired) electrons. The highest BCUT2D eigenvalue weighted by molar-refractivity contribution is 6.02. The van der Waals surface area contributed by atoms with E-state index < -0.39 is 0 Å². The van der Waals surface area contributed by atoms with Crippen molar-refractivity contribution < 1.29 is 14.3 Å². The maximum atomic E-state index is 12.5. The van der Waals surface area contributed by atoms with E-state index in [-0.39, 0.29) is 11.8 Å². The minimum Gasteiger partial charge on any atom is -0.493 e. The number of amides is 1. The van der Waals surface area contributed by atoms with Crippen LogP contribution in [0, 0.1) is 5.92 Å². The Morgan fingerprint density at radius 3 is 2.63 bits per heavy atom. The fourth-order valence-electron chi connectivity index (χ4n) is 3.70. The predicted molar refractivity (Wildman–Crippen MR) is 105 cm³/mol. The Hall–Kier alpha value is -3.02. The number of ether oxygens (including phenoxy) is 2. The molecule has 1 aliphatic rings. The minimum absolute atomic E-state index is 0.102. The summed E-state index contributed by atoms with van der Waals surface area (Å²) in [5.41, 5.74) is 3.44. The van der Waals surface area contributed by atoms with Crippen molar-refractivity contribution in [3.8, 4) is 22.6 Å². The van der Waals surface area contributed by atoms with Crippen LogP contribution in [-0.4, -0.2) is 30.1 Å². The summed E-state index contributed by atoms with van der Waals surface area (Å²) in [6.07, 6.45) is 7.84. The highest BCUT2D eigenvalue weighted by Crippen LogP contribution is 2.34. The number of hydrogen-bond donors (Lipinski definition) is 2. The molecular formula is C21H23N3O3. The van der Waals surface area contributed by atoms with Gasteiger partial charge < -0.3 is 19.8 Å². The van der Waals surface area contributed by atoms with Crippen LogP contribution < -0.4 is 14.8 Å². The van der Waals surface area contributed by atoms with Gasteiger partial charge in [-0.25, -0.2) is 4.98 Å². The van der Waals surface area contributed by atoms with Crippen molar-refractivity contribution in [1.29, 1.82) is 0 Å². The van der Waals surface area contributed by atoms with E-state index >= 15 is 0 Å². The summed E-state index contributed by atoms with van der Waals surface area (Å²) in [5, 5.41) is 3.97. The van der Waals surface area contributed by atoms with Crippen LogP contribution in [0.15, 0.2) is 36.7 Å². The van der Waals surface area contributed by atoms with E-state index in [9.17, 15) is 4.79 Å². The van der Waals surface area contributed by atoms with E-state index in [0.717, 1.165) is 53.5 Å². The quantitative estimate of drug-likeness (QED) is 0.704. The SMILES string of the molecule is COc1ccc(-c2cnc3[nH]cc(NC(=O)C4CCCC4)c3c2)cc1OC. The van der Waals surface area contributed by atoms with Gasteiger partial charge in [-0.1, -0.05) is 18.9 Å². The lowest BCUT2D eigenvalue weighted by Crippen LogP contribution is -2.20. The zero-order valence-corrected chi connectivity index (χ0v) is 15.5. The number of benzene rings is 1. The molecule has 27 heavy (non-hydrogen) atoms. The third-order valence-corrected chi connectivity index (χ3v) is 5.23. The fourth-order valence-corrected chi connectivity index (χ4v) is 3.70. The molecule has 0 unspecified atom stereocenters. The molecule has 0 aliphatic heterocycles. The highest BCUT2D eigenvalue weighted by atomic mass is 16.5. The van der Waals surface area contributed by atoms with Crippen LogP contribution in [0.2, 0.25) is 0 Å². The number of carbonyl (C=O) groups excluding carboxylic acids is 1. The molecule has 2 heterocycles. The summed E-state index contributed by atoms with van der Waals surface area (Å²) in [4.78, 5) is 20.1. The van der Waals surface area contributed by atoms with Crippen molar-refractivity contribution in [3.63, 3.8) is 0 Å². The van der Waals surface area contributed by atoms with Crippen molar-refractivity contribution in [2.24, 2.45) is 5.92 Å². The Bertz CT molecular complexity index is 974. The number of fused-ring (bicyclic) bond motifs is 1. The van der Waals surface area contributed by atoms with Crippen LogP contribution in [-0.2, 0) is 4.79 Å². The highest BCUT2D eigenvalue weighted by Gasteiger charge is 2.23. The Morgan fingerprint density at radius 2 is 1.89 bits per heavy atom. The Morgan fingerprint density at radius 1 is 1.11 bits per heavy atom. The maximum Gasteiger partial charge on any atom is 0.227 e. The second-order valence-electron chi connectivity index (χ2n) is 6.86. The number of carbonyl (C=O) groups is 1. The van der Waals surface area contributed by atoms with Crippen LogP contribution in [0.1, 0.15) is 25.7 Å².